The third-order valence-corrected chi connectivity index (χ3v) is 8.77. The molecule has 0 spiro atoms. The average Bonchev–Trinajstić information content (AvgIpc) is 2.87. The molecule has 1 aliphatic heterocycles. The van der Waals surface area contributed by atoms with Crippen molar-refractivity contribution in [1.29, 1.82) is 0 Å². The van der Waals surface area contributed by atoms with E-state index in [1.54, 1.807) is 7.11 Å². The summed E-state index contributed by atoms with van der Waals surface area (Å²) in [7, 11) is 5.82. The highest BCUT2D eigenvalue weighted by molar-refractivity contribution is 6.32. The monoisotopic (exact) mass is 547 g/mol. The van der Waals surface area contributed by atoms with E-state index in [1.807, 2.05) is 12.1 Å². The number of halogens is 1. The maximum Gasteiger partial charge on any atom is 0.142 e. The van der Waals surface area contributed by atoms with Gasteiger partial charge < -0.3 is 14.4 Å². The number of benzene rings is 2. The van der Waals surface area contributed by atoms with E-state index in [4.69, 9.17) is 31.0 Å². The number of aromatic nitrogens is 2. The number of hydrogen-bond donors (Lipinski definition) is 0. The van der Waals surface area contributed by atoms with Crippen LogP contribution in [0.3, 0.4) is 0 Å². The molecule has 1 aliphatic carbocycles. The molecule has 5 rings (SSSR count). The van der Waals surface area contributed by atoms with Gasteiger partial charge in [-0.1, -0.05) is 44.5 Å². The van der Waals surface area contributed by atoms with Gasteiger partial charge in [-0.3, -0.25) is 0 Å². The summed E-state index contributed by atoms with van der Waals surface area (Å²) in [5.74, 6) is 3.64. The molecule has 3 aromatic rings. The van der Waals surface area contributed by atoms with Crippen molar-refractivity contribution in [2.75, 3.05) is 27.8 Å². The van der Waals surface area contributed by atoms with Crippen LogP contribution < -0.4 is 9.47 Å². The van der Waals surface area contributed by atoms with E-state index in [2.05, 4.69) is 64.0 Å². The van der Waals surface area contributed by atoms with Gasteiger partial charge in [0, 0.05) is 11.4 Å². The van der Waals surface area contributed by atoms with E-state index in [1.165, 1.54) is 28.9 Å². The molecule has 0 saturated carbocycles. The third-order valence-electron chi connectivity index (χ3n) is 8.47. The van der Waals surface area contributed by atoms with Crippen molar-refractivity contribution in [3.63, 3.8) is 0 Å². The number of rotatable bonds is 6. The summed E-state index contributed by atoms with van der Waals surface area (Å²) in [6.07, 6.45) is 6.28. The fourth-order valence-electron chi connectivity index (χ4n) is 6.17. The number of methoxy groups -OCH3 is 1. The first-order valence-electron chi connectivity index (χ1n) is 14.2. The quantitative estimate of drug-likeness (QED) is 0.326. The number of ether oxygens (including phenoxy) is 2. The van der Waals surface area contributed by atoms with E-state index in [0.29, 0.717) is 28.0 Å². The van der Waals surface area contributed by atoms with Gasteiger partial charge in [0.1, 0.15) is 17.3 Å². The van der Waals surface area contributed by atoms with Crippen molar-refractivity contribution in [2.24, 2.45) is 17.3 Å². The Morgan fingerprint density at radius 1 is 1.10 bits per heavy atom. The zero-order valence-corrected chi connectivity index (χ0v) is 25.1. The molecule has 0 N–H and O–H groups in total. The SMILES string of the molecule is COc1ccc(-c2ccc3c(c2)CC(C)C(Cc2nc(CN(C)C)nc4c2CC(C)(C)CC4)CCO3)cc1Cl. The van der Waals surface area contributed by atoms with Crippen molar-refractivity contribution in [3.8, 4) is 22.6 Å². The first kappa shape index (κ1) is 27.9. The van der Waals surface area contributed by atoms with Crippen LogP contribution in [0.15, 0.2) is 36.4 Å². The lowest BCUT2D eigenvalue weighted by atomic mass is 9.74. The van der Waals surface area contributed by atoms with Crippen LogP contribution in [-0.2, 0) is 32.2 Å². The molecule has 0 fully saturated rings. The number of hydrogen-bond acceptors (Lipinski definition) is 5. The molecule has 2 atom stereocenters. The molecular formula is C33H42ClN3O2. The summed E-state index contributed by atoms with van der Waals surface area (Å²) in [5, 5.41) is 0.622. The molecule has 5 nitrogen and oxygen atoms in total. The fraction of sp³-hybridized carbons (Fsp3) is 0.515. The lowest BCUT2D eigenvalue weighted by Crippen LogP contribution is -2.29. The predicted octanol–water partition coefficient (Wildman–Crippen LogP) is 7.20. The van der Waals surface area contributed by atoms with Gasteiger partial charge in [-0.15, -0.1) is 0 Å². The molecule has 1 aromatic heterocycles. The van der Waals surface area contributed by atoms with Crippen LogP contribution >= 0.6 is 11.6 Å². The Morgan fingerprint density at radius 2 is 1.87 bits per heavy atom. The van der Waals surface area contributed by atoms with Gasteiger partial charge in [0.05, 0.1) is 25.3 Å². The molecule has 0 saturated heterocycles. The van der Waals surface area contributed by atoms with Gasteiger partial charge in [-0.2, -0.15) is 0 Å². The Kier molecular flexibility index (Phi) is 8.21. The fourth-order valence-corrected chi connectivity index (χ4v) is 6.43. The second-order valence-electron chi connectivity index (χ2n) is 12.5. The summed E-state index contributed by atoms with van der Waals surface area (Å²) < 4.78 is 11.7. The minimum Gasteiger partial charge on any atom is -0.495 e. The van der Waals surface area contributed by atoms with Crippen LogP contribution in [0.25, 0.3) is 11.1 Å². The Morgan fingerprint density at radius 3 is 2.62 bits per heavy atom. The highest BCUT2D eigenvalue weighted by Crippen LogP contribution is 2.39. The molecule has 0 amide bonds. The van der Waals surface area contributed by atoms with Crippen molar-refractivity contribution in [1.82, 2.24) is 14.9 Å². The summed E-state index contributed by atoms with van der Waals surface area (Å²) in [4.78, 5) is 12.4. The number of aryl methyl sites for hydroxylation is 1. The van der Waals surface area contributed by atoms with E-state index in [0.717, 1.165) is 68.0 Å². The lowest BCUT2D eigenvalue weighted by molar-refractivity contribution is 0.219. The van der Waals surface area contributed by atoms with Gasteiger partial charge >= 0.3 is 0 Å². The molecule has 2 heterocycles. The van der Waals surface area contributed by atoms with Crippen LogP contribution in [0.1, 0.15) is 62.0 Å². The van der Waals surface area contributed by atoms with Crippen LogP contribution in [-0.4, -0.2) is 42.7 Å². The standard InChI is InChI=1S/C33H42ClN3O2/c1-21-15-25-16-23(24-8-10-31(38-6)27(34)17-24)7-9-30(25)39-14-12-22(21)18-29-26-19-33(2,3)13-11-28(26)35-32(36-29)20-37(4)5/h7-10,16-17,21-22H,11-15,18-20H2,1-6H3. The van der Waals surface area contributed by atoms with Crippen molar-refractivity contribution < 1.29 is 9.47 Å². The Hall–Kier alpha value is -2.63. The molecule has 208 valence electrons. The van der Waals surface area contributed by atoms with Gasteiger partial charge in [0.25, 0.3) is 0 Å². The summed E-state index contributed by atoms with van der Waals surface area (Å²) >= 11 is 6.43. The zero-order chi connectivity index (χ0) is 27.7. The first-order valence-corrected chi connectivity index (χ1v) is 14.6. The van der Waals surface area contributed by atoms with Crippen molar-refractivity contribution in [3.05, 3.63) is 69.8 Å². The van der Waals surface area contributed by atoms with E-state index in [-0.39, 0.29) is 0 Å². The second kappa shape index (κ2) is 11.5. The molecule has 0 bridgehead atoms. The maximum atomic E-state index is 6.43. The second-order valence-corrected chi connectivity index (χ2v) is 13.0. The third kappa shape index (κ3) is 6.41. The van der Waals surface area contributed by atoms with Gasteiger partial charge in [0.15, 0.2) is 0 Å². The largest absolute Gasteiger partial charge is 0.495 e. The topological polar surface area (TPSA) is 47.5 Å². The van der Waals surface area contributed by atoms with Crippen molar-refractivity contribution in [2.45, 2.75) is 65.8 Å². The normalized spacial score (nSPS) is 20.4. The number of fused-ring (bicyclic) bond motifs is 2. The summed E-state index contributed by atoms with van der Waals surface area (Å²) in [6.45, 7) is 8.65. The molecule has 2 aliphatic rings. The molecular weight excluding hydrogens is 506 g/mol. The Labute approximate surface area is 238 Å². The van der Waals surface area contributed by atoms with Crippen LogP contribution in [0, 0.1) is 17.3 Å². The predicted molar refractivity (Wildman–Crippen MR) is 159 cm³/mol. The van der Waals surface area contributed by atoms with Crippen LogP contribution in [0.2, 0.25) is 5.02 Å². The molecule has 2 aromatic carbocycles. The van der Waals surface area contributed by atoms with E-state index in [9.17, 15) is 0 Å². The molecule has 2 unspecified atom stereocenters. The summed E-state index contributed by atoms with van der Waals surface area (Å²) in [6, 6.07) is 12.5. The van der Waals surface area contributed by atoms with Crippen molar-refractivity contribution >= 4 is 11.6 Å². The van der Waals surface area contributed by atoms with Crippen LogP contribution in [0.5, 0.6) is 11.5 Å². The van der Waals surface area contributed by atoms with E-state index < -0.39 is 0 Å². The lowest BCUT2D eigenvalue weighted by Gasteiger charge is -2.34. The maximum absolute atomic E-state index is 6.43. The van der Waals surface area contributed by atoms with Crippen LogP contribution in [0.4, 0.5) is 0 Å². The zero-order valence-electron chi connectivity index (χ0n) is 24.3. The van der Waals surface area contributed by atoms with E-state index >= 15 is 0 Å². The molecule has 39 heavy (non-hydrogen) atoms. The minimum atomic E-state index is 0.295. The highest BCUT2D eigenvalue weighted by atomic mass is 35.5. The smallest absolute Gasteiger partial charge is 0.142 e. The number of nitrogens with zero attached hydrogens (tertiary/aromatic N) is 3. The average molecular weight is 548 g/mol. The highest BCUT2D eigenvalue weighted by Gasteiger charge is 2.31. The van der Waals surface area contributed by atoms with Gasteiger partial charge in [-0.05, 0) is 116 Å². The Balaban J connectivity index is 1.41. The van der Waals surface area contributed by atoms with Gasteiger partial charge in [-0.25, -0.2) is 9.97 Å². The van der Waals surface area contributed by atoms with Gasteiger partial charge in [0.2, 0.25) is 0 Å². The minimum absolute atomic E-state index is 0.295. The first-order chi connectivity index (χ1) is 18.6. The molecule has 6 heteroatoms. The molecule has 0 radical (unpaired) electrons. The Bertz CT molecular complexity index is 1340. The summed E-state index contributed by atoms with van der Waals surface area (Å²) in [5.41, 5.74) is 7.73.